The number of carbonyl (C=O) groups excluding carboxylic acids is 1. The molecule has 5 heteroatoms. The van der Waals surface area contributed by atoms with E-state index in [4.69, 9.17) is 5.73 Å². The van der Waals surface area contributed by atoms with Crippen molar-refractivity contribution < 1.29 is 15.0 Å². The van der Waals surface area contributed by atoms with Crippen LogP contribution in [-0.2, 0) is 11.2 Å². The van der Waals surface area contributed by atoms with Crippen LogP contribution in [0.25, 0.3) is 0 Å². The van der Waals surface area contributed by atoms with Crippen molar-refractivity contribution in [3.8, 4) is 5.75 Å². The van der Waals surface area contributed by atoms with Gasteiger partial charge in [0.05, 0.1) is 11.8 Å². The number of rotatable bonds is 2. The van der Waals surface area contributed by atoms with E-state index in [9.17, 15) is 15.0 Å². The summed E-state index contributed by atoms with van der Waals surface area (Å²) in [5.74, 6) is -0.0989. The van der Waals surface area contributed by atoms with E-state index in [0.29, 0.717) is 24.1 Å². The molecule has 1 atom stereocenters. The summed E-state index contributed by atoms with van der Waals surface area (Å²) in [5.41, 5.74) is 7.26. The first kappa shape index (κ1) is 10.9. The standard InChI is InChI=1S/C11H14N2O3/c12-5-9(15)6-1-3-8(14)11-7(6)2-4-10(16)13-11/h1,3,9,14-15H,2,4-5,12H2,(H,13,16). The fraction of sp³-hybridized carbons (Fsp3) is 0.364. The molecule has 0 aromatic heterocycles. The molecule has 5 nitrogen and oxygen atoms in total. The minimum absolute atomic E-state index is 0.0241. The minimum Gasteiger partial charge on any atom is -0.506 e. The van der Waals surface area contributed by atoms with E-state index in [2.05, 4.69) is 5.32 Å². The summed E-state index contributed by atoms with van der Waals surface area (Å²) >= 11 is 0. The molecular weight excluding hydrogens is 208 g/mol. The molecule has 0 fully saturated rings. The maximum atomic E-state index is 11.2. The van der Waals surface area contributed by atoms with Crippen LogP contribution in [0.5, 0.6) is 5.75 Å². The van der Waals surface area contributed by atoms with Gasteiger partial charge < -0.3 is 21.3 Å². The summed E-state index contributed by atoms with van der Waals surface area (Å²) < 4.78 is 0. The largest absolute Gasteiger partial charge is 0.506 e. The quantitative estimate of drug-likeness (QED) is 0.540. The van der Waals surface area contributed by atoms with Gasteiger partial charge in [-0.3, -0.25) is 4.79 Å². The highest BCUT2D eigenvalue weighted by Gasteiger charge is 2.23. The number of fused-ring (bicyclic) bond motifs is 1. The molecule has 0 radical (unpaired) electrons. The molecule has 0 saturated carbocycles. The van der Waals surface area contributed by atoms with Gasteiger partial charge in [0.15, 0.2) is 0 Å². The van der Waals surface area contributed by atoms with Crippen molar-refractivity contribution in [1.29, 1.82) is 0 Å². The highest BCUT2D eigenvalue weighted by Crippen LogP contribution is 2.36. The average molecular weight is 222 g/mol. The Hall–Kier alpha value is -1.59. The van der Waals surface area contributed by atoms with Gasteiger partial charge in [0.1, 0.15) is 5.75 Å². The van der Waals surface area contributed by atoms with E-state index in [1.165, 1.54) is 6.07 Å². The summed E-state index contributed by atoms with van der Waals surface area (Å²) in [4.78, 5) is 11.2. The Morgan fingerprint density at radius 2 is 2.19 bits per heavy atom. The van der Waals surface area contributed by atoms with Crippen molar-refractivity contribution in [1.82, 2.24) is 0 Å². The van der Waals surface area contributed by atoms with Crippen LogP contribution < -0.4 is 11.1 Å². The summed E-state index contributed by atoms with van der Waals surface area (Å²) in [6.07, 6.45) is 0.118. The van der Waals surface area contributed by atoms with Crippen molar-refractivity contribution >= 4 is 11.6 Å². The van der Waals surface area contributed by atoms with Crippen LogP contribution in [0.2, 0.25) is 0 Å². The SMILES string of the molecule is NCC(O)c1ccc(O)c2c1CCC(=O)N2. The zero-order chi connectivity index (χ0) is 11.7. The number of benzene rings is 1. The third-order valence-electron chi connectivity index (χ3n) is 2.78. The van der Waals surface area contributed by atoms with Gasteiger partial charge in [-0.25, -0.2) is 0 Å². The number of phenolic OH excluding ortho intramolecular Hbond substituents is 1. The topological polar surface area (TPSA) is 95.6 Å². The van der Waals surface area contributed by atoms with Gasteiger partial charge in [0.2, 0.25) is 5.91 Å². The Labute approximate surface area is 92.9 Å². The maximum absolute atomic E-state index is 11.2. The van der Waals surface area contributed by atoms with E-state index in [-0.39, 0.29) is 18.2 Å². The molecule has 0 aliphatic carbocycles. The van der Waals surface area contributed by atoms with Crippen LogP contribution in [0, 0.1) is 0 Å². The van der Waals surface area contributed by atoms with Crippen molar-refractivity contribution in [2.75, 3.05) is 11.9 Å². The lowest BCUT2D eigenvalue weighted by atomic mass is 9.93. The summed E-state index contributed by atoms with van der Waals surface area (Å²) in [6.45, 7) is 0.116. The van der Waals surface area contributed by atoms with Gasteiger partial charge in [-0.15, -0.1) is 0 Å². The molecule has 0 saturated heterocycles. The molecule has 1 amide bonds. The van der Waals surface area contributed by atoms with Gasteiger partial charge in [-0.05, 0) is 23.6 Å². The summed E-state index contributed by atoms with van der Waals surface area (Å²) in [7, 11) is 0. The average Bonchev–Trinajstić information content (AvgIpc) is 2.29. The van der Waals surface area contributed by atoms with Gasteiger partial charge >= 0.3 is 0 Å². The number of aliphatic hydroxyl groups excluding tert-OH is 1. The summed E-state index contributed by atoms with van der Waals surface area (Å²) in [5, 5.41) is 22.0. The Balaban J connectivity index is 2.50. The fourth-order valence-electron chi connectivity index (χ4n) is 1.94. The fourth-order valence-corrected chi connectivity index (χ4v) is 1.94. The van der Waals surface area contributed by atoms with Crippen LogP contribution in [0.1, 0.15) is 23.7 Å². The van der Waals surface area contributed by atoms with Gasteiger partial charge in [0, 0.05) is 13.0 Å². The third-order valence-corrected chi connectivity index (χ3v) is 2.78. The highest BCUT2D eigenvalue weighted by molar-refractivity contribution is 5.96. The Bertz CT molecular complexity index is 431. The molecule has 2 rings (SSSR count). The normalized spacial score (nSPS) is 16.5. The van der Waals surface area contributed by atoms with Crippen molar-refractivity contribution in [2.24, 2.45) is 5.73 Å². The van der Waals surface area contributed by atoms with Crippen molar-refractivity contribution in [2.45, 2.75) is 18.9 Å². The molecule has 16 heavy (non-hydrogen) atoms. The van der Waals surface area contributed by atoms with E-state index >= 15 is 0 Å². The minimum atomic E-state index is -0.760. The molecule has 5 N–H and O–H groups in total. The monoisotopic (exact) mass is 222 g/mol. The number of carbonyl (C=O) groups is 1. The van der Waals surface area contributed by atoms with Gasteiger partial charge in [0.25, 0.3) is 0 Å². The molecule has 1 aliphatic rings. The number of amides is 1. The predicted molar refractivity (Wildman–Crippen MR) is 59.1 cm³/mol. The van der Waals surface area contributed by atoms with Gasteiger partial charge in [-0.1, -0.05) is 6.07 Å². The first-order valence-corrected chi connectivity index (χ1v) is 5.16. The van der Waals surface area contributed by atoms with E-state index < -0.39 is 6.10 Å². The second-order valence-corrected chi connectivity index (χ2v) is 3.83. The first-order valence-electron chi connectivity index (χ1n) is 5.16. The molecule has 1 unspecified atom stereocenters. The molecule has 1 aliphatic heterocycles. The Morgan fingerprint density at radius 3 is 2.88 bits per heavy atom. The molecular formula is C11H14N2O3. The zero-order valence-electron chi connectivity index (χ0n) is 8.73. The number of hydrogen-bond donors (Lipinski definition) is 4. The molecule has 86 valence electrons. The lowest BCUT2D eigenvalue weighted by Crippen LogP contribution is -2.22. The second-order valence-electron chi connectivity index (χ2n) is 3.83. The molecule has 1 aromatic rings. The van der Waals surface area contributed by atoms with Gasteiger partial charge in [-0.2, -0.15) is 0 Å². The molecule has 1 heterocycles. The van der Waals surface area contributed by atoms with E-state index in [1.807, 2.05) is 0 Å². The number of phenols is 1. The van der Waals surface area contributed by atoms with Crippen molar-refractivity contribution in [3.63, 3.8) is 0 Å². The van der Waals surface area contributed by atoms with Crippen molar-refractivity contribution in [3.05, 3.63) is 23.3 Å². The van der Waals surface area contributed by atoms with Crippen LogP contribution in [0.3, 0.4) is 0 Å². The highest BCUT2D eigenvalue weighted by atomic mass is 16.3. The Kier molecular flexibility index (Phi) is 2.80. The van der Waals surface area contributed by atoms with Crippen LogP contribution >= 0.6 is 0 Å². The number of anilines is 1. The smallest absolute Gasteiger partial charge is 0.224 e. The predicted octanol–water partition coefficient (Wildman–Crippen LogP) is 0.269. The lowest BCUT2D eigenvalue weighted by Gasteiger charge is -2.22. The van der Waals surface area contributed by atoms with E-state index in [1.54, 1.807) is 6.07 Å². The lowest BCUT2D eigenvalue weighted by molar-refractivity contribution is -0.116. The number of nitrogens with two attached hydrogens (primary N) is 1. The number of nitrogens with one attached hydrogen (secondary N) is 1. The van der Waals surface area contributed by atoms with E-state index in [0.717, 1.165) is 5.56 Å². The molecule has 0 bridgehead atoms. The first-order chi connectivity index (χ1) is 7.63. The zero-order valence-corrected chi connectivity index (χ0v) is 8.73. The van der Waals surface area contributed by atoms with Crippen LogP contribution in [0.4, 0.5) is 5.69 Å². The van der Waals surface area contributed by atoms with Crippen LogP contribution in [0.15, 0.2) is 12.1 Å². The molecule has 0 spiro atoms. The second kappa shape index (κ2) is 4.11. The molecule has 1 aromatic carbocycles. The Morgan fingerprint density at radius 1 is 1.44 bits per heavy atom. The summed E-state index contributed by atoms with van der Waals surface area (Å²) in [6, 6.07) is 3.10. The number of hydrogen-bond acceptors (Lipinski definition) is 4. The number of aromatic hydroxyl groups is 1. The maximum Gasteiger partial charge on any atom is 0.224 e. The number of aliphatic hydroxyl groups is 1. The van der Waals surface area contributed by atoms with Crippen LogP contribution in [-0.4, -0.2) is 22.7 Å². The third kappa shape index (κ3) is 1.75.